The molecule has 260 valence electrons. The lowest BCUT2D eigenvalue weighted by Crippen LogP contribution is -2.30. The van der Waals surface area contributed by atoms with Crippen molar-refractivity contribution in [2.45, 2.75) is 29.9 Å². The quantitative estimate of drug-likeness (QED) is 0.0828. The zero-order chi connectivity index (χ0) is 36.3. The molecule has 3 amide bonds. The van der Waals surface area contributed by atoms with Gasteiger partial charge in [-0.2, -0.15) is 0 Å². The number of hydrogen-bond donors (Lipinski definition) is 3. The van der Waals surface area contributed by atoms with E-state index in [0.29, 0.717) is 39.4 Å². The molecule has 51 heavy (non-hydrogen) atoms. The van der Waals surface area contributed by atoms with Crippen LogP contribution in [0.5, 0.6) is 11.5 Å². The van der Waals surface area contributed by atoms with Crippen molar-refractivity contribution in [3.8, 4) is 11.5 Å². The van der Waals surface area contributed by atoms with Gasteiger partial charge in [-0.15, -0.1) is 11.8 Å². The molecule has 1 atom stereocenters. The Morgan fingerprint density at radius 3 is 1.96 bits per heavy atom. The minimum atomic E-state index is -0.637. The summed E-state index contributed by atoms with van der Waals surface area (Å²) in [6.07, 6.45) is 1.65. The molecule has 5 aromatic rings. The Morgan fingerprint density at radius 1 is 0.725 bits per heavy atom. The number of carbonyl (C=O) groups excluding carboxylic acids is 3. The summed E-state index contributed by atoms with van der Waals surface area (Å²) in [5.74, 6) is 0.0202. The zero-order valence-electron chi connectivity index (χ0n) is 28.6. The summed E-state index contributed by atoms with van der Waals surface area (Å²) in [4.78, 5) is 41.2. The Labute approximate surface area is 307 Å². The molecule has 0 bridgehead atoms. The molecule has 0 aromatic heterocycles. The maximum Gasteiger partial charge on any atom is 0.272 e. The van der Waals surface area contributed by atoms with Crippen LogP contribution in [0.3, 0.4) is 0 Å². The van der Waals surface area contributed by atoms with Crippen LogP contribution in [-0.2, 0) is 9.59 Å². The summed E-state index contributed by atoms with van der Waals surface area (Å²) < 4.78 is 10.8. The van der Waals surface area contributed by atoms with E-state index in [0.717, 1.165) is 16.0 Å². The molecule has 0 radical (unpaired) electrons. The van der Waals surface area contributed by atoms with Gasteiger partial charge in [0.1, 0.15) is 22.4 Å². The van der Waals surface area contributed by atoms with Crippen molar-refractivity contribution in [2.75, 3.05) is 24.9 Å². The van der Waals surface area contributed by atoms with Crippen molar-refractivity contribution < 1.29 is 23.9 Å². The zero-order valence-corrected chi connectivity index (χ0v) is 30.2. The first kappa shape index (κ1) is 36.8. The number of amides is 3. The van der Waals surface area contributed by atoms with Gasteiger partial charge in [0.05, 0.1) is 24.9 Å². The van der Waals surface area contributed by atoms with Crippen LogP contribution in [0.2, 0.25) is 5.02 Å². The highest BCUT2D eigenvalue weighted by Gasteiger charge is 2.24. The van der Waals surface area contributed by atoms with Gasteiger partial charge in [0.25, 0.3) is 11.8 Å². The SMILES string of the molecule is COc1cc(OC)c(NC(=O)C(Sc2ccc(NC(=O)/C(=C/c3ccc(C(C)C)cc3)NC(=O)c3ccccc3)cc2)c2ccccc2)cc1Cl. The van der Waals surface area contributed by atoms with E-state index in [1.54, 1.807) is 54.6 Å². The molecule has 0 aliphatic heterocycles. The summed E-state index contributed by atoms with van der Waals surface area (Å²) in [7, 11) is 3.01. The minimum absolute atomic E-state index is 0.0921. The predicted octanol–water partition coefficient (Wildman–Crippen LogP) is 9.36. The molecule has 10 heteroatoms. The number of carbonyl (C=O) groups is 3. The van der Waals surface area contributed by atoms with E-state index in [1.165, 1.54) is 31.5 Å². The van der Waals surface area contributed by atoms with E-state index >= 15 is 0 Å². The van der Waals surface area contributed by atoms with Crippen LogP contribution in [0.4, 0.5) is 11.4 Å². The maximum atomic E-state index is 13.8. The van der Waals surface area contributed by atoms with Gasteiger partial charge in [0.15, 0.2) is 0 Å². The maximum absolute atomic E-state index is 13.8. The molecule has 0 saturated carbocycles. The highest BCUT2D eigenvalue weighted by Crippen LogP contribution is 2.40. The number of methoxy groups -OCH3 is 2. The molecule has 1 unspecified atom stereocenters. The standard InChI is InChI=1S/C41H38ClN3O5S/c1-26(2)28-17-15-27(16-18-28)23-35(45-39(46)30-13-9-6-10-14-30)40(47)43-31-19-21-32(22-20-31)51-38(29-11-7-5-8-12-29)41(48)44-34-24-33(42)36(49-3)25-37(34)50-4/h5-26,38H,1-4H3,(H,43,47)(H,44,48)(H,45,46)/b35-23-. The summed E-state index contributed by atoms with van der Waals surface area (Å²) in [6, 6.07) is 36.3. The molecule has 0 heterocycles. The first-order chi connectivity index (χ1) is 24.6. The molecule has 0 spiro atoms. The van der Waals surface area contributed by atoms with Gasteiger partial charge in [0, 0.05) is 22.2 Å². The van der Waals surface area contributed by atoms with Crippen molar-refractivity contribution in [1.29, 1.82) is 0 Å². The normalized spacial score (nSPS) is 11.8. The van der Waals surface area contributed by atoms with Crippen molar-refractivity contribution in [3.63, 3.8) is 0 Å². The van der Waals surface area contributed by atoms with Gasteiger partial charge in [0.2, 0.25) is 5.91 Å². The number of ether oxygens (including phenoxy) is 2. The van der Waals surface area contributed by atoms with E-state index in [4.69, 9.17) is 21.1 Å². The van der Waals surface area contributed by atoms with Gasteiger partial charge in [-0.25, -0.2) is 0 Å². The first-order valence-electron chi connectivity index (χ1n) is 16.2. The third-order valence-electron chi connectivity index (χ3n) is 7.88. The van der Waals surface area contributed by atoms with Crippen LogP contribution in [0.25, 0.3) is 6.08 Å². The van der Waals surface area contributed by atoms with Crippen molar-refractivity contribution in [3.05, 3.63) is 154 Å². The van der Waals surface area contributed by atoms with Crippen LogP contribution in [0, 0.1) is 0 Å². The number of rotatable bonds is 13. The fourth-order valence-corrected chi connectivity index (χ4v) is 6.36. The predicted molar refractivity (Wildman–Crippen MR) is 206 cm³/mol. The molecular formula is C41H38ClN3O5S. The number of anilines is 2. The van der Waals surface area contributed by atoms with Crippen LogP contribution in [0.15, 0.2) is 132 Å². The highest BCUT2D eigenvalue weighted by atomic mass is 35.5. The van der Waals surface area contributed by atoms with Crippen LogP contribution < -0.4 is 25.4 Å². The topological polar surface area (TPSA) is 106 Å². The second kappa shape index (κ2) is 17.4. The van der Waals surface area contributed by atoms with Crippen molar-refractivity contribution in [1.82, 2.24) is 5.32 Å². The van der Waals surface area contributed by atoms with Gasteiger partial charge in [-0.3, -0.25) is 14.4 Å². The molecule has 5 rings (SSSR count). The first-order valence-corrected chi connectivity index (χ1v) is 17.4. The molecule has 0 saturated heterocycles. The average molecular weight is 720 g/mol. The number of thioether (sulfide) groups is 1. The smallest absolute Gasteiger partial charge is 0.272 e. The third kappa shape index (κ3) is 9.81. The summed E-state index contributed by atoms with van der Waals surface area (Å²) in [5.41, 5.74) is 4.17. The Bertz CT molecular complexity index is 2000. The molecule has 8 nitrogen and oxygen atoms in total. The second-order valence-electron chi connectivity index (χ2n) is 11.8. The molecule has 0 aliphatic carbocycles. The number of hydrogen-bond acceptors (Lipinski definition) is 6. The molecule has 0 fully saturated rings. The van der Waals surface area contributed by atoms with Gasteiger partial charge < -0.3 is 25.4 Å². The summed E-state index contributed by atoms with van der Waals surface area (Å²) in [6.45, 7) is 4.22. The van der Waals surface area contributed by atoms with Crippen molar-refractivity contribution >= 4 is 58.5 Å². The van der Waals surface area contributed by atoms with Crippen LogP contribution in [-0.4, -0.2) is 31.9 Å². The molecular weight excluding hydrogens is 682 g/mol. The molecule has 0 aliphatic rings. The lowest BCUT2D eigenvalue weighted by molar-refractivity contribution is -0.116. The van der Waals surface area contributed by atoms with Gasteiger partial charge >= 0.3 is 0 Å². The number of halogens is 1. The number of benzene rings is 5. The lowest BCUT2D eigenvalue weighted by Gasteiger charge is -2.19. The Kier molecular flexibility index (Phi) is 12.6. The summed E-state index contributed by atoms with van der Waals surface area (Å²) >= 11 is 7.70. The fraction of sp³-hybridized carbons (Fsp3) is 0.146. The summed E-state index contributed by atoms with van der Waals surface area (Å²) in [5, 5.41) is 8.33. The van der Waals surface area contributed by atoms with E-state index in [-0.39, 0.29) is 11.6 Å². The Hall–Kier alpha value is -5.51. The van der Waals surface area contributed by atoms with Crippen LogP contribution in [0.1, 0.15) is 52.1 Å². The van der Waals surface area contributed by atoms with E-state index < -0.39 is 17.1 Å². The largest absolute Gasteiger partial charge is 0.495 e. The van der Waals surface area contributed by atoms with Crippen molar-refractivity contribution in [2.24, 2.45) is 0 Å². The number of nitrogens with one attached hydrogen (secondary N) is 3. The lowest BCUT2D eigenvalue weighted by atomic mass is 10.0. The highest BCUT2D eigenvalue weighted by molar-refractivity contribution is 8.00. The van der Waals surface area contributed by atoms with E-state index in [9.17, 15) is 14.4 Å². The third-order valence-corrected chi connectivity index (χ3v) is 9.44. The Morgan fingerprint density at radius 2 is 1.35 bits per heavy atom. The monoisotopic (exact) mass is 719 g/mol. The minimum Gasteiger partial charge on any atom is -0.495 e. The van der Waals surface area contributed by atoms with Crippen LogP contribution >= 0.6 is 23.4 Å². The second-order valence-corrected chi connectivity index (χ2v) is 13.3. The van der Waals surface area contributed by atoms with Gasteiger partial charge in [-0.1, -0.05) is 98.2 Å². The fourth-order valence-electron chi connectivity index (χ4n) is 5.09. The average Bonchev–Trinajstić information content (AvgIpc) is 3.15. The van der Waals surface area contributed by atoms with E-state index in [1.807, 2.05) is 72.8 Å². The molecule has 5 aromatic carbocycles. The Balaban J connectivity index is 1.35. The van der Waals surface area contributed by atoms with E-state index in [2.05, 4.69) is 29.8 Å². The van der Waals surface area contributed by atoms with Gasteiger partial charge in [-0.05, 0) is 71.1 Å². The molecule has 3 N–H and O–H groups in total.